The Morgan fingerprint density at radius 1 is 1.16 bits per heavy atom. The zero-order valence-electron chi connectivity index (χ0n) is 15.2. The summed E-state index contributed by atoms with van der Waals surface area (Å²) in [5.41, 5.74) is 0.966. The van der Waals surface area contributed by atoms with Gasteiger partial charge in [0.05, 0.1) is 11.7 Å². The van der Waals surface area contributed by atoms with Crippen LogP contribution in [0.25, 0.3) is 0 Å². The Morgan fingerprint density at radius 3 is 2.48 bits per heavy atom. The van der Waals surface area contributed by atoms with Crippen molar-refractivity contribution in [1.29, 1.82) is 0 Å². The molecule has 3 heterocycles. The summed E-state index contributed by atoms with van der Waals surface area (Å²) in [5, 5.41) is 4.86. The largest absolute Gasteiger partial charge is 0.326 e. The summed E-state index contributed by atoms with van der Waals surface area (Å²) in [7, 11) is 0. The van der Waals surface area contributed by atoms with Crippen LogP contribution in [0.2, 0.25) is 0 Å². The van der Waals surface area contributed by atoms with Crippen molar-refractivity contribution in [2.75, 3.05) is 5.32 Å². The molecular formula is C19H24N3O3+. The van der Waals surface area contributed by atoms with E-state index in [0.717, 1.165) is 16.8 Å². The van der Waals surface area contributed by atoms with Gasteiger partial charge in [-0.05, 0) is 46.8 Å². The summed E-state index contributed by atoms with van der Waals surface area (Å²) < 4.78 is 0. The lowest BCUT2D eigenvalue weighted by atomic mass is 9.76. The number of fused-ring (bicyclic) bond motifs is 4. The van der Waals surface area contributed by atoms with Crippen molar-refractivity contribution >= 4 is 23.4 Å². The first kappa shape index (κ1) is 16.3. The lowest BCUT2D eigenvalue weighted by molar-refractivity contribution is -0.730. The van der Waals surface area contributed by atoms with Crippen molar-refractivity contribution in [2.45, 2.75) is 51.7 Å². The van der Waals surface area contributed by atoms with E-state index in [1.54, 1.807) is 0 Å². The number of nitrogens with zero attached hydrogens (tertiary/aromatic N) is 1. The van der Waals surface area contributed by atoms with Gasteiger partial charge in [-0.2, -0.15) is 0 Å². The molecule has 0 aliphatic carbocycles. The van der Waals surface area contributed by atoms with Gasteiger partial charge in [0.1, 0.15) is 11.8 Å². The number of imide groups is 1. The molecule has 4 atom stereocenters. The maximum absolute atomic E-state index is 13.3. The molecule has 6 heteroatoms. The Balaban J connectivity index is 1.92. The molecule has 3 aliphatic rings. The summed E-state index contributed by atoms with van der Waals surface area (Å²) >= 11 is 0. The molecule has 0 bridgehead atoms. The highest BCUT2D eigenvalue weighted by Gasteiger charge is 2.74. The number of nitrogens with one attached hydrogen (secondary N) is 1. The molecule has 1 spiro atoms. The summed E-state index contributed by atoms with van der Waals surface area (Å²) in [6.45, 7) is 9.48. The number of carbonyl (C=O) groups is 3. The molecule has 3 aliphatic heterocycles. The lowest BCUT2D eigenvalue weighted by Crippen LogP contribution is -2.98. The fourth-order valence-electron chi connectivity index (χ4n) is 4.91. The number of nitrogens with two attached hydrogens (primary N) is 1. The van der Waals surface area contributed by atoms with Gasteiger partial charge in [-0.1, -0.05) is 11.6 Å². The maximum Gasteiger partial charge on any atom is 0.291 e. The smallest absolute Gasteiger partial charge is 0.291 e. The standard InChI is InChI=1S/C19H23N3O3/c1-9-6-7-12-11(8-9)19(17(25)20-12)14-13(10(2)21-19)15(23)22(16(14)24)18(3,4)5/h6-8,10,13-14,21H,1-5H3,(H,20,25)/p+1/t10-,13+,14-,19-/m0/s1. The van der Waals surface area contributed by atoms with Crippen molar-refractivity contribution in [3.8, 4) is 0 Å². The van der Waals surface area contributed by atoms with Gasteiger partial charge in [-0.3, -0.25) is 19.3 Å². The van der Waals surface area contributed by atoms with E-state index in [0.29, 0.717) is 0 Å². The quantitative estimate of drug-likeness (QED) is 0.674. The van der Waals surface area contributed by atoms with E-state index in [4.69, 9.17) is 0 Å². The zero-order valence-corrected chi connectivity index (χ0v) is 15.2. The molecule has 1 aromatic carbocycles. The maximum atomic E-state index is 13.3. The molecule has 0 radical (unpaired) electrons. The Hall–Kier alpha value is -2.21. The average molecular weight is 342 g/mol. The third-order valence-electron chi connectivity index (χ3n) is 5.85. The zero-order chi connectivity index (χ0) is 18.3. The molecule has 25 heavy (non-hydrogen) atoms. The van der Waals surface area contributed by atoms with Crippen molar-refractivity contribution in [1.82, 2.24) is 4.90 Å². The van der Waals surface area contributed by atoms with Gasteiger partial charge in [-0.15, -0.1) is 0 Å². The number of aryl methyl sites for hydroxylation is 1. The number of rotatable bonds is 0. The van der Waals surface area contributed by atoms with Crippen molar-refractivity contribution < 1.29 is 19.7 Å². The SMILES string of the molecule is Cc1ccc2c(c1)[C@@]1([NH2+][C@@H](C)[C@H]3C(=O)N(C(C)(C)C)C(=O)[C@H]31)C(=O)N2. The van der Waals surface area contributed by atoms with E-state index in [2.05, 4.69) is 5.32 Å². The highest BCUT2D eigenvalue weighted by atomic mass is 16.2. The van der Waals surface area contributed by atoms with Crippen molar-refractivity contribution in [3.63, 3.8) is 0 Å². The van der Waals surface area contributed by atoms with Crippen LogP contribution in [0, 0.1) is 18.8 Å². The number of quaternary nitrogens is 1. The summed E-state index contributed by atoms with van der Waals surface area (Å²) in [6, 6.07) is 5.66. The molecule has 0 aromatic heterocycles. The molecule has 0 unspecified atom stereocenters. The fraction of sp³-hybridized carbons (Fsp3) is 0.526. The monoisotopic (exact) mass is 342 g/mol. The molecule has 1 aromatic rings. The predicted octanol–water partition coefficient (Wildman–Crippen LogP) is 0.508. The van der Waals surface area contributed by atoms with Crippen LogP contribution in [0.1, 0.15) is 38.8 Å². The second-order valence-electron chi connectivity index (χ2n) is 8.58. The van der Waals surface area contributed by atoms with Crippen LogP contribution in [-0.2, 0) is 19.9 Å². The number of anilines is 1. The van der Waals surface area contributed by atoms with Crippen LogP contribution < -0.4 is 10.6 Å². The second kappa shape index (κ2) is 4.69. The predicted molar refractivity (Wildman–Crippen MR) is 91.5 cm³/mol. The molecule has 3 N–H and O–H groups in total. The van der Waals surface area contributed by atoms with Gasteiger partial charge in [0.25, 0.3) is 5.91 Å². The fourth-order valence-corrected chi connectivity index (χ4v) is 4.91. The normalized spacial score (nSPS) is 33.9. The van der Waals surface area contributed by atoms with Crippen LogP contribution >= 0.6 is 0 Å². The Morgan fingerprint density at radius 2 is 1.84 bits per heavy atom. The van der Waals surface area contributed by atoms with Crippen LogP contribution in [0.5, 0.6) is 0 Å². The van der Waals surface area contributed by atoms with E-state index >= 15 is 0 Å². The Kier molecular flexibility index (Phi) is 3.06. The second-order valence-corrected chi connectivity index (χ2v) is 8.58. The summed E-state index contributed by atoms with van der Waals surface area (Å²) in [6.07, 6.45) is 0. The molecular weight excluding hydrogens is 318 g/mol. The van der Waals surface area contributed by atoms with Crippen molar-refractivity contribution in [3.05, 3.63) is 29.3 Å². The first-order valence-corrected chi connectivity index (χ1v) is 8.75. The Labute approximate surface area is 147 Å². The van der Waals surface area contributed by atoms with Gasteiger partial charge < -0.3 is 10.6 Å². The molecule has 2 fully saturated rings. The average Bonchev–Trinajstić information content (AvgIpc) is 3.04. The third-order valence-corrected chi connectivity index (χ3v) is 5.85. The third kappa shape index (κ3) is 1.86. The highest BCUT2D eigenvalue weighted by Crippen LogP contribution is 2.50. The number of hydrogen-bond donors (Lipinski definition) is 2. The Bertz CT molecular complexity index is 826. The van der Waals surface area contributed by atoms with Gasteiger partial charge in [-0.25, -0.2) is 0 Å². The van der Waals surface area contributed by atoms with Gasteiger partial charge in [0.2, 0.25) is 17.4 Å². The number of amides is 3. The minimum Gasteiger partial charge on any atom is -0.326 e. The van der Waals surface area contributed by atoms with Crippen molar-refractivity contribution in [2.24, 2.45) is 11.8 Å². The minimum atomic E-state index is -1.04. The van der Waals surface area contributed by atoms with Crippen LogP contribution in [0.3, 0.4) is 0 Å². The molecule has 3 amide bonds. The number of benzene rings is 1. The summed E-state index contributed by atoms with van der Waals surface area (Å²) in [5.74, 6) is -1.70. The summed E-state index contributed by atoms with van der Waals surface area (Å²) in [4.78, 5) is 40.7. The van der Waals surface area contributed by atoms with Crippen LogP contribution in [0.15, 0.2) is 18.2 Å². The van der Waals surface area contributed by atoms with Gasteiger partial charge >= 0.3 is 0 Å². The van der Waals surface area contributed by atoms with Crippen LogP contribution in [-0.4, -0.2) is 34.2 Å². The van der Waals surface area contributed by atoms with Gasteiger partial charge in [0.15, 0.2) is 0 Å². The number of carbonyl (C=O) groups excluding carboxylic acids is 3. The molecule has 132 valence electrons. The molecule has 0 saturated carbocycles. The van der Waals surface area contributed by atoms with E-state index in [1.807, 2.05) is 58.1 Å². The first-order chi connectivity index (χ1) is 11.6. The van der Waals surface area contributed by atoms with E-state index in [-0.39, 0.29) is 23.8 Å². The van der Waals surface area contributed by atoms with Gasteiger partial charge in [0, 0.05) is 11.1 Å². The number of likely N-dealkylation sites (tertiary alicyclic amines) is 1. The highest BCUT2D eigenvalue weighted by molar-refractivity contribution is 6.14. The van der Waals surface area contributed by atoms with E-state index in [1.165, 1.54) is 4.90 Å². The first-order valence-electron chi connectivity index (χ1n) is 8.75. The molecule has 4 rings (SSSR count). The topological polar surface area (TPSA) is 83.1 Å². The van der Waals surface area contributed by atoms with E-state index < -0.39 is 22.9 Å². The van der Waals surface area contributed by atoms with E-state index in [9.17, 15) is 14.4 Å². The molecule has 6 nitrogen and oxygen atoms in total. The lowest BCUT2D eigenvalue weighted by Gasteiger charge is -2.33. The molecule has 2 saturated heterocycles. The van der Waals surface area contributed by atoms with Crippen LogP contribution in [0.4, 0.5) is 5.69 Å². The minimum absolute atomic E-state index is 0.133. The number of hydrogen-bond acceptors (Lipinski definition) is 3.